The minimum atomic E-state index is -3.30. The van der Waals surface area contributed by atoms with Gasteiger partial charge in [-0.2, -0.15) is 4.98 Å². The fourth-order valence-electron chi connectivity index (χ4n) is 1.77. The van der Waals surface area contributed by atoms with E-state index in [4.69, 9.17) is 11.6 Å². The van der Waals surface area contributed by atoms with Gasteiger partial charge in [0, 0.05) is 36.4 Å². The summed E-state index contributed by atoms with van der Waals surface area (Å²) in [5.74, 6) is 0.597. The maximum absolute atomic E-state index is 11.7. The first-order valence-electron chi connectivity index (χ1n) is 5.92. The molecule has 0 spiro atoms. The first-order chi connectivity index (χ1) is 9.48. The van der Waals surface area contributed by atoms with Crippen molar-refractivity contribution in [2.45, 2.75) is 17.9 Å². The van der Waals surface area contributed by atoms with Gasteiger partial charge in [0.05, 0.1) is 4.90 Å². The second-order valence-electron chi connectivity index (χ2n) is 4.26. The van der Waals surface area contributed by atoms with E-state index in [1.807, 2.05) is 0 Å². The maximum Gasteiger partial charge on any atom is 0.213 e. The van der Waals surface area contributed by atoms with E-state index in [0.29, 0.717) is 35.9 Å². The second-order valence-corrected chi connectivity index (χ2v) is 6.65. The highest BCUT2D eigenvalue weighted by Crippen LogP contribution is 2.23. The van der Waals surface area contributed by atoms with Crippen molar-refractivity contribution in [1.82, 2.24) is 15.5 Å². The molecule has 108 valence electrons. The number of hydrogen-bond acceptors (Lipinski definition) is 6. The molecule has 0 atom stereocenters. The van der Waals surface area contributed by atoms with E-state index in [1.165, 1.54) is 12.6 Å². The Labute approximate surface area is 122 Å². The molecule has 0 saturated heterocycles. The minimum Gasteiger partial charge on any atom is -0.343 e. The van der Waals surface area contributed by atoms with Crippen LogP contribution in [0, 0.1) is 0 Å². The lowest BCUT2D eigenvalue weighted by molar-refractivity contribution is 0.409. The summed E-state index contributed by atoms with van der Waals surface area (Å²) in [6, 6.07) is 4.85. The monoisotopic (exact) mass is 315 g/mol. The number of hydrogen-bond donors (Lipinski definition) is 1. The Morgan fingerprint density at radius 1 is 1.40 bits per heavy atom. The van der Waals surface area contributed by atoms with Crippen LogP contribution in [0.4, 0.5) is 0 Å². The summed E-state index contributed by atoms with van der Waals surface area (Å²) in [6.07, 6.45) is 3.03. The number of rotatable bonds is 6. The van der Waals surface area contributed by atoms with Crippen LogP contribution in [-0.4, -0.2) is 31.4 Å². The molecule has 20 heavy (non-hydrogen) atoms. The summed E-state index contributed by atoms with van der Waals surface area (Å²) in [6.45, 7) is 0.952. The zero-order valence-corrected chi connectivity index (χ0v) is 12.4. The highest BCUT2D eigenvalue weighted by molar-refractivity contribution is 7.90. The van der Waals surface area contributed by atoms with Gasteiger partial charge in [-0.25, -0.2) is 8.42 Å². The smallest absolute Gasteiger partial charge is 0.213 e. The third kappa shape index (κ3) is 3.78. The third-order valence-corrected chi connectivity index (χ3v) is 4.24. The van der Waals surface area contributed by atoms with Crippen molar-refractivity contribution < 1.29 is 12.9 Å². The van der Waals surface area contributed by atoms with Gasteiger partial charge in [0.15, 0.2) is 15.7 Å². The molecule has 0 saturated carbocycles. The number of nitrogens with zero attached hydrogens (tertiary/aromatic N) is 2. The molecule has 6 nitrogen and oxygen atoms in total. The van der Waals surface area contributed by atoms with E-state index in [-0.39, 0.29) is 4.90 Å². The van der Waals surface area contributed by atoms with Gasteiger partial charge in [0.2, 0.25) is 6.39 Å². The lowest BCUT2D eigenvalue weighted by Crippen LogP contribution is -2.19. The fraction of sp³-hybridized carbons (Fsp3) is 0.333. The van der Waals surface area contributed by atoms with Crippen molar-refractivity contribution in [1.29, 1.82) is 0 Å². The molecule has 0 unspecified atom stereocenters. The van der Waals surface area contributed by atoms with Crippen LogP contribution in [0.5, 0.6) is 0 Å². The van der Waals surface area contributed by atoms with Gasteiger partial charge in [-0.3, -0.25) is 0 Å². The van der Waals surface area contributed by atoms with Crippen LogP contribution in [0.25, 0.3) is 0 Å². The van der Waals surface area contributed by atoms with Crippen LogP contribution >= 0.6 is 11.6 Å². The van der Waals surface area contributed by atoms with Crippen molar-refractivity contribution in [2.24, 2.45) is 0 Å². The van der Waals surface area contributed by atoms with Crippen LogP contribution < -0.4 is 5.32 Å². The summed E-state index contributed by atoms with van der Waals surface area (Å²) >= 11 is 6.07. The standard InChI is InChI=1S/C12H14ClN3O3S/c1-20(17,18)11-4-2-3-10(13)9(11)7-14-6-5-12-15-8-19-16-12/h2-4,8,14H,5-7H2,1H3. The molecule has 0 aliphatic carbocycles. The summed E-state index contributed by atoms with van der Waals surface area (Å²) in [4.78, 5) is 4.14. The predicted molar refractivity (Wildman–Crippen MR) is 74.3 cm³/mol. The van der Waals surface area contributed by atoms with Crippen molar-refractivity contribution in [3.8, 4) is 0 Å². The molecule has 1 aromatic heterocycles. The molecule has 0 amide bonds. The first kappa shape index (κ1) is 15.0. The highest BCUT2D eigenvalue weighted by atomic mass is 35.5. The van der Waals surface area contributed by atoms with Gasteiger partial charge in [0.1, 0.15) is 0 Å². The van der Waals surface area contributed by atoms with Gasteiger partial charge < -0.3 is 9.84 Å². The molecule has 1 heterocycles. The Bertz CT molecular complexity index is 671. The summed E-state index contributed by atoms with van der Waals surface area (Å²) in [5, 5.41) is 7.24. The Morgan fingerprint density at radius 2 is 2.20 bits per heavy atom. The van der Waals surface area contributed by atoms with Gasteiger partial charge >= 0.3 is 0 Å². The van der Waals surface area contributed by atoms with E-state index < -0.39 is 9.84 Å². The molecule has 1 N–H and O–H groups in total. The number of halogens is 1. The average Bonchev–Trinajstić information content (AvgIpc) is 2.88. The van der Waals surface area contributed by atoms with E-state index >= 15 is 0 Å². The molecule has 8 heteroatoms. The normalized spacial score (nSPS) is 11.7. The average molecular weight is 316 g/mol. The minimum absolute atomic E-state index is 0.247. The molecule has 0 radical (unpaired) electrons. The fourth-order valence-corrected chi connectivity index (χ4v) is 3.03. The van der Waals surface area contributed by atoms with Crippen LogP contribution in [0.15, 0.2) is 34.0 Å². The molecule has 0 aliphatic heterocycles. The van der Waals surface area contributed by atoms with Gasteiger partial charge in [0.25, 0.3) is 0 Å². The van der Waals surface area contributed by atoms with Crippen molar-refractivity contribution >= 4 is 21.4 Å². The number of sulfone groups is 1. The van der Waals surface area contributed by atoms with Crippen LogP contribution in [0.2, 0.25) is 5.02 Å². The van der Waals surface area contributed by atoms with E-state index in [9.17, 15) is 8.42 Å². The van der Waals surface area contributed by atoms with Crippen molar-refractivity contribution in [3.63, 3.8) is 0 Å². The molecule has 2 aromatic rings. The SMILES string of the molecule is CS(=O)(=O)c1cccc(Cl)c1CNCCc1ncon1. The zero-order valence-electron chi connectivity index (χ0n) is 10.8. The lowest BCUT2D eigenvalue weighted by atomic mass is 10.2. The Morgan fingerprint density at radius 3 is 2.85 bits per heavy atom. The molecule has 2 rings (SSSR count). The van der Waals surface area contributed by atoms with E-state index in [1.54, 1.807) is 18.2 Å². The zero-order chi connectivity index (χ0) is 14.6. The van der Waals surface area contributed by atoms with E-state index in [0.717, 1.165) is 0 Å². The third-order valence-electron chi connectivity index (χ3n) is 2.71. The molecular formula is C12H14ClN3O3S. The topological polar surface area (TPSA) is 85.1 Å². The lowest BCUT2D eigenvalue weighted by Gasteiger charge is -2.10. The number of aromatic nitrogens is 2. The number of benzene rings is 1. The van der Waals surface area contributed by atoms with E-state index in [2.05, 4.69) is 20.0 Å². The molecule has 1 aromatic carbocycles. The molecule has 0 bridgehead atoms. The Kier molecular flexibility index (Phi) is 4.74. The highest BCUT2D eigenvalue weighted by Gasteiger charge is 2.15. The quantitative estimate of drug-likeness (QED) is 0.812. The maximum atomic E-state index is 11.7. The van der Waals surface area contributed by atoms with Crippen LogP contribution in [0.1, 0.15) is 11.4 Å². The summed E-state index contributed by atoms with van der Waals surface area (Å²) < 4.78 is 28.0. The van der Waals surface area contributed by atoms with Crippen LogP contribution in [-0.2, 0) is 22.8 Å². The predicted octanol–water partition coefficient (Wildman–Crippen LogP) is 1.46. The van der Waals surface area contributed by atoms with Crippen LogP contribution in [0.3, 0.4) is 0 Å². The van der Waals surface area contributed by atoms with Crippen molar-refractivity contribution in [3.05, 3.63) is 41.0 Å². The molecule has 0 aliphatic rings. The van der Waals surface area contributed by atoms with Gasteiger partial charge in [-0.05, 0) is 12.1 Å². The summed E-state index contributed by atoms with van der Waals surface area (Å²) in [5.41, 5.74) is 0.574. The van der Waals surface area contributed by atoms with Gasteiger partial charge in [-0.15, -0.1) is 0 Å². The Hall–Kier alpha value is -1.44. The molecule has 0 fully saturated rings. The molecular weight excluding hydrogens is 302 g/mol. The first-order valence-corrected chi connectivity index (χ1v) is 8.19. The van der Waals surface area contributed by atoms with Gasteiger partial charge in [-0.1, -0.05) is 22.8 Å². The van der Waals surface area contributed by atoms with Crippen molar-refractivity contribution in [2.75, 3.05) is 12.8 Å². The number of nitrogens with one attached hydrogen (secondary N) is 1. The Balaban J connectivity index is 2.02. The second kappa shape index (κ2) is 6.34. The largest absolute Gasteiger partial charge is 0.343 e. The summed E-state index contributed by atoms with van der Waals surface area (Å²) in [7, 11) is -3.30.